The van der Waals surface area contributed by atoms with Crippen molar-refractivity contribution < 1.29 is 4.79 Å². The van der Waals surface area contributed by atoms with Gasteiger partial charge in [-0.25, -0.2) is 0 Å². The average molecular weight is 392 g/mol. The number of carbonyl (C=O) groups excluding carboxylic acids is 1. The second-order valence-electron chi connectivity index (χ2n) is 8.59. The molecule has 0 atom stereocenters. The third-order valence-corrected chi connectivity index (χ3v) is 6.11. The Bertz CT molecular complexity index is 1030. The Kier molecular flexibility index (Phi) is 5.41. The molecule has 152 valence electrons. The van der Waals surface area contributed by atoms with Crippen molar-refractivity contribution in [2.24, 2.45) is 0 Å². The van der Waals surface area contributed by atoms with Gasteiger partial charge in [-0.2, -0.15) is 0 Å². The number of benzene rings is 2. The highest BCUT2D eigenvalue weighted by Gasteiger charge is 2.28. The van der Waals surface area contributed by atoms with E-state index in [1.165, 1.54) is 19.3 Å². The minimum atomic E-state index is -0.0657. The quantitative estimate of drug-likeness (QED) is 0.677. The number of aromatic nitrogens is 1. The summed E-state index contributed by atoms with van der Waals surface area (Å²) in [5.74, 6) is -0.0333. The number of amides is 1. The van der Waals surface area contributed by atoms with Crippen LogP contribution in [0.25, 0.3) is 21.8 Å². The van der Waals surface area contributed by atoms with Crippen molar-refractivity contribution in [2.75, 3.05) is 19.6 Å². The first-order valence-corrected chi connectivity index (χ1v) is 10.5. The van der Waals surface area contributed by atoms with Gasteiger partial charge in [0.25, 0.3) is 0 Å². The van der Waals surface area contributed by atoms with Crippen LogP contribution in [-0.4, -0.2) is 40.5 Å². The molecule has 1 aliphatic rings. The molecular weight excluding hydrogens is 362 g/mol. The molecule has 1 aliphatic heterocycles. The van der Waals surface area contributed by atoms with Gasteiger partial charge in [0.1, 0.15) is 6.54 Å². The SMILES string of the molecule is CC(C)(CNC(=O)Cn1c2ccccc2c(=O)c2ccccc21)N1CCCCC1. The lowest BCUT2D eigenvalue weighted by atomic mass is 9.98. The first kappa shape index (κ1) is 19.6. The third-order valence-electron chi connectivity index (χ3n) is 6.11. The molecule has 0 aliphatic carbocycles. The van der Waals surface area contributed by atoms with Crippen molar-refractivity contribution in [1.29, 1.82) is 0 Å². The Hall–Kier alpha value is -2.66. The van der Waals surface area contributed by atoms with E-state index in [4.69, 9.17) is 0 Å². The molecule has 0 radical (unpaired) electrons. The molecule has 5 heteroatoms. The molecule has 3 aromatic rings. The number of pyridine rings is 1. The van der Waals surface area contributed by atoms with Gasteiger partial charge in [0.05, 0.1) is 11.0 Å². The number of rotatable bonds is 5. The van der Waals surface area contributed by atoms with Gasteiger partial charge in [0.2, 0.25) is 5.91 Å². The summed E-state index contributed by atoms with van der Waals surface area (Å²) in [6.45, 7) is 7.39. The summed E-state index contributed by atoms with van der Waals surface area (Å²) in [7, 11) is 0. The third kappa shape index (κ3) is 3.92. The first-order chi connectivity index (χ1) is 14.0. The minimum Gasteiger partial charge on any atom is -0.353 e. The Balaban J connectivity index is 1.59. The number of likely N-dealkylation sites (tertiary alicyclic amines) is 1. The summed E-state index contributed by atoms with van der Waals surface area (Å²) in [4.78, 5) is 28.2. The van der Waals surface area contributed by atoms with Crippen LogP contribution in [0, 0.1) is 0 Å². The van der Waals surface area contributed by atoms with Crippen molar-refractivity contribution in [3.8, 4) is 0 Å². The zero-order valence-electron chi connectivity index (χ0n) is 17.3. The first-order valence-electron chi connectivity index (χ1n) is 10.5. The van der Waals surface area contributed by atoms with Crippen molar-refractivity contribution in [3.63, 3.8) is 0 Å². The van der Waals surface area contributed by atoms with Crippen LogP contribution in [0.15, 0.2) is 53.3 Å². The minimum absolute atomic E-state index is 0.0130. The summed E-state index contributed by atoms with van der Waals surface area (Å²) in [5, 5.41) is 4.43. The number of fused-ring (bicyclic) bond motifs is 2. The zero-order chi connectivity index (χ0) is 20.4. The predicted octanol–water partition coefficient (Wildman–Crippen LogP) is 3.54. The molecule has 0 unspecified atom stereocenters. The summed E-state index contributed by atoms with van der Waals surface area (Å²) < 4.78 is 1.95. The normalized spacial score (nSPS) is 15.7. The number of carbonyl (C=O) groups is 1. The molecule has 1 amide bonds. The molecule has 5 nitrogen and oxygen atoms in total. The zero-order valence-corrected chi connectivity index (χ0v) is 17.3. The van der Waals surface area contributed by atoms with E-state index < -0.39 is 0 Å². The fraction of sp³-hybridized carbons (Fsp3) is 0.417. The van der Waals surface area contributed by atoms with E-state index >= 15 is 0 Å². The van der Waals surface area contributed by atoms with Gasteiger partial charge in [-0.15, -0.1) is 0 Å². The lowest BCUT2D eigenvalue weighted by Gasteiger charge is -2.41. The van der Waals surface area contributed by atoms with Gasteiger partial charge in [0.15, 0.2) is 5.43 Å². The maximum atomic E-state index is 12.9. The second kappa shape index (κ2) is 7.99. The average Bonchev–Trinajstić information content (AvgIpc) is 2.76. The number of hydrogen-bond acceptors (Lipinski definition) is 3. The van der Waals surface area contributed by atoms with Gasteiger partial charge in [-0.1, -0.05) is 30.7 Å². The Labute approximate surface area is 171 Å². The molecule has 29 heavy (non-hydrogen) atoms. The van der Waals surface area contributed by atoms with E-state index in [1.54, 1.807) is 0 Å². The molecule has 0 spiro atoms. The summed E-state index contributed by atoms with van der Waals surface area (Å²) in [5.41, 5.74) is 1.53. The lowest BCUT2D eigenvalue weighted by molar-refractivity contribution is -0.122. The number of nitrogens with one attached hydrogen (secondary N) is 1. The van der Waals surface area contributed by atoms with Gasteiger partial charge in [0, 0.05) is 22.9 Å². The van der Waals surface area contributed by atoms with Crippen molar-refractivity contribution in [1.82, 2.24) is 14.8 Å². The lowest BCUT2D eigenvalue weighted by Crippen LogP contribution is -2.53. The number of nitrogens with zero attached hydrogens (tertiary/aromatic N) is 2. The van der Waals surface area contributed by atoms with Crippen LogP contribution in [0.3, 0.4) is 0 Å². The number of piperidine rings is 1. The topological polar surface area (TPSA) is 54.3 Å². The summed E-state index contributed by atoms with van der Waals surface area (Å²) in [6.07, 6.45) is 3.75. The van der Waals surface area contributed by atoms with E-state index in [0.717, 1.165) is 24.1 Å². The molecule has 2 heterocycles. The Morgan fingerprint density at radius 1 is 0.931 bits per heavy atom. The van der Waals surface area contributed by atoms with E-state index in [-0.39, 0.29) is 23.4 Å². The fourth-order valence-corrected chi connectivity index (χ4v) is 4.37. The highest BCUT2D eigenvalue weighted by molar-refractivity contribution is 5.94. The van der Waals surface area contributed by atoms with E-state index in [1.807, 2.05) is 53.1 Å². The molecule has 0 bridgehead atoms. The standard InChI is InChI=1S/C24H29N3O2/c1-24(2,26-14-8-3-9-15-26)17-25-22(28)16-27-20-12-6-4-10-18(20)23(29)19-11-5-7-13-21(19)27/h4-7,10-13H,3,8-9,14-17H2,1-2H3,(H,25,28). The Morgan fingerprint density at radius 2 is 1.48 bits per heavy atom. The van der Waals surface area contributed by atoms with E-state index in [2.05, 4.69) is 24.1 Å². The molecule has 1 saturated heterocycles. The Morgan fingerprint density at radius 3 is 2.07 bits per heavy atom. The molecule has 0 saturated carbocycles. The summed E-state index contributed by atoms with van der Waals surface area (Å²) in [6, 6.07) is 15.0. The maximum Gasteiger partial charge on any atom is 0.240 e. The predicted molar refractivity (Wildman–Crippen MR) is 118 cm³/mol. The van der Waals surface area contributed by atoms with Crippen LogP contribution >= 0.6 is 0 Å². The smallest absolute Gasteiger partial charge is 0.240 e. The van der Waals surface area contributed by atoms with Crippen molar-refractivity contribution >= 4 is 27.7 Å². The van der Waals surface area contributed by atoms with E-state index in [9.17, 15) is 9.59 Å². The molecular formula is C24H29N3O2. The van der Waals surface area contributed by atoms with Crippen LogP contribution in [0.4, 0.5) is 0 Å². The van der Waals surface area contributed by atoms with Gasteiger partial charge < -0.3 is 9.88 Å². The molecule has 4 rings (SSSR count). The van der Waals surface area contributed by atoms with Crippen LogP contribution < -0.4 is 10.7 Å². The van der Waals surface area contributed by atoms with Crippen LogP contribution in [0.1, 0.15) is 33.1 Å². The van der Waals surface area contributed by atoms with Gasteiger partial charge in [-0.3, -0.25) is 14.5 Å². The highest BCUT2D eigenvalue weighted by atomic mass is 16.2. The molecule has 1 N–H and O–H groups in total. The summed E-state index contributed by atoms with van der Waals surface area (Å²) >= 11 is 0. The van der Waals surface area contributed by atoms with Gasteiger partial charge >= 0.3 is 0 Å². The van der Waals surface area contributed by atoms with E-state index in [0.29, 0.717) is 17.3 Å². The monoisotopic (exact) mass is 391 g/mol. The maximum absolute atomic E-state index is 12.9. The fourth-order valence-electron chi connectivity index (χ4n) is 4.37. The van der Waals surface area contributed by atoms with Crippen LogP contribution in [0.5, 0.6) is 0 Å². The largest absolute Gasteiger partial charge is 0.353 e. The molecule has 1 aromatic heterocycles. The number of hydrogen-bond donors (Lipinski definition) is 1. The van der Waals surface area contributed by atoms with Crippen LogP contribution in [0.2, 0.25) is 0 Å². The molecule has 2 aromatic carbocycles. The van der Waals surface area contributed by atoms with Crippen molar-refractivity contribution in [2.45, 2.75) is 45.2 Å². The van der Waals surface area contributed by atoms with Gasteiger partial charge in [-0.05, 0) is 64.0 Å². The van der Waals surface area contributed by atoms with Crippen molar-refractivity contribution in [3.05, 3.63) is 58.8 Å². The highest BCUT2D eigenvalue weighted by Crippen LogP contribution is 2.21. The second-order valence-corrected chi connectivity index (χ2v) is 8.59. The molecule has 1 fully saturated rings. The number of para-hydroxylation sites is 2. The van der Waals surface area contributed by atoms with Crippen LogP contribution in [-0.2, 0) is 11.3 Å².